The molecule has 102 valence electrons. The van der Waals surface area contributed by atoms with Crippen molar-refractivity contribution < 1.29 is 9.90 Å². The lowest BCUT2D eigenvalue weighted by Gasteiger charge is -2.05. The zero-order chi connectivity index (χ0) is 14.3. The molecule has 0 radical (unpaired) electrons. The Morgan fingerprint density at radius 2 is 2.05 bits per heavy atom. The summed E-state index contributed by atoms with van der Waals surface area (Å²) in [5.41, 5.74) is 3.81. The molecule has 0 bridgehead atoms. The molecule has 3 rings (SSSR count). The zero-order valence-corrected chi connectivity index (χ0v) is 12.3. The highest BCUT2D eigenvalue weighted by Gasteiger charge is 2.17. The van der Waals surface area contributed by atoms with Gasteiger partial charge in [-0.2, -0.15) is 0 Å². The van der Waals surface area contributed by atoms with Gasteiger partial charge in [0.1, 0.15) is 4.83 Å². The summed E-state index contributed by atoms with van der Waals surface area (Å²) in [5.74, 6) is -0.828. The molecule has 2 aromatic heterocycles. The minimum Gasteiger partial charge on any atom is -0.481 e. The first-order valence-corrected chi connectivity index (χ1v) is 7.38. The number of benzene rings is 1. The number of hydrogen-bond acceptors (Lipinski definition) is 2. The number of fused-ring (bicyclic) bond motifs is 1. The van der Waals surface area contributed by atoms with Crippen molar-refractivity contribution in [3.8, 4) is 11.1 Å². The number of aromatic nitrogens is 1. The minimum atomic E-state index is -0.828. The smallest absolute Gasteiger partial charge is 0.309 e. The molecular weight excluding hydrogens is 294 g/mol. The second-order valence-electron chi connectivity index (χ2n) is 4.63. The minimum absolute atomic E-state index is 0.00367. The van der Waals surface area contributed by atoms with Crippen molar-refractivity contribution in [2.24, 2.45) is 0 Å². The average molecular weight is 306 g/mol. The summed E-state index contributed by atoms with van der Waals surface area (Å²) in [7, 11) is 0. The van der Waals surface area contributed by atoms with E-state index in [0.717, 1.165) is 27.3 Å². The fourth-order valence-corrected chi connectivity index (χ4v) is 3.46. The van der Waals surface area contributed by atoms with E-state index in [9.17, 15) is 4.79 Å². The van der Waals surface area contributed by atoms with E-state index in [0.29, 0.717) is 5.02 Å². The third-order valence-electron chi connectivity index (χ3n) is 3.25. The number of halogens is 1. The molecule has 3 nitrogen and oxygen atoms in total. The van der Waals surface area contributed by atoms with Crippen LogP contribution in [0.4, 0.5) is 0 Å². The van der Waals surface area contributed by atoms with Gasteiger partial charge in [-0.05, 0) is 30.7 Å². The third kappa shape index (κ3) is 2.21. The van der Waals surface area contributed by atoms with Crippen LogP contribution in [-0.2, 0) is 11.2 Å². The molecule has 0 fully saturated rings. The molecule has 0 spiro atoms. The average Bonchev–Trinajstić information content (AvgIpc) is 2.92. The van der Waals surface area contributed by atoms with Crippen molar-refractivity contribution in [1.82, 2.24) is 4.40 Å². The number of carboxylic acid groups (broad SMARTS) is 1. The first-order chi connectivity index (χ1) is 9.56. The van der Waals surface area contributed by atoms with Crippen LogP contribution >= 0.6 is 22.9 Å². The molecular formula is C15H12ClNO2S. The van der Waals surface area contributed by atoms with Crippen molar-refractivity contribution in [3.63, 3.8) is 0 Å². The first-order valence-electron chi connectivity index (χ1n) is 6.12. The topological polar surface area (TPSA) is 41.7 Å². The maximum atomic E-state index is 11.2. The van der Waals surface area contributed by atoms with E-state index in [2.05, 4.69) is 0 Å². The Kier molecular flexibility index (Phi) is 3.28. The van der Waals surface area contributed by atoms with Crippen LogP contribution in [0.15, 0.2) is 35.7 Å². The Morgan fingerprint density at radius 3 is 2.70 bits per heavy atom. The van der Waals surface area contributed by atoms with Crippen LogP contribution in [0.3, 0.4) is 0 Å². The fraction of sp³-hybridized carbons (Fsp3) is 0.133. The van der Waals surface area contributed by atoms with Crippen molar-refractivity contribution in [1.29, 1.82) is 0 Å². The van der Waals surface area contributed by atoms with E-state index in [1.807, 2.05) is 47.0 Å². The van der Waals surface area contributed by atoms with Gasteiger partial charge >= 0.3 is 5.97 Å². The standard InChI is InChI=1S/C15H12ClNO2S/c1-9-8-20-14-6-12(10-2-4-11(16)5-3-10)13(17(9)14)7-15(18)19/h2-6,8H,7H2,1H3,(H,18,19). The molecule has 0 aliphatic carbocycles. The van der Waals surface area contributed by atoms with E-state index in [-0.39, 0.29) is 6.42 Å². The van der Waals surface area contributed by atoms with Crippen molar-refractivity contribution in [2.45, 2.75) is 13.3 Å². The van der Waals surface area contributed by atoms with Crippen LogP contribution in [0, 0.1) is 6.92 Å². The van der Waals surface area contributed by atoms with E-state index in [4.69, 9.17) is 16.7 Å². The largest absolute Gasteiger partial charge is 0.481 e. The number of aryl methyl sites for hydroxylation is 1. The highest BCUT2D eigenvalue weighted by atomic mass is 35.5. The summed E-state index contributed by atoms with van der Waals surface area (Å²) in [5, 5.41) is 11.9. The van der Waals surface area contributed by atoms with Gasteiger partial charge in [0, 0.05) is 27.4 Å². The van der Waals surface area contributed by atoms with Gasteiger partial charge in [0.05, 0.1) is 6.42 Å². The Hall–Kier alpha value is -1.78. The maximum Gasteiger partial charge on any atom is 0.309 e. The summed E-state index contributed by atoms with van der Waals surface area (Å²) >= 11 is 7.53. The molecule has 0 unspecified atom stereocenters. The quantitative estimate of drug-likeness (QED) is 0.785. The molecule has 0 aliphatic heterocycles. The number of carbonyl (C=O) groups is 1. The van der Waals surface area contributed by atoms with Gasteiger partial charge in [-0.1, -0.05) is 23.7 Å². The Bertz CT molecular complexity index is 786. The molecule has 0 saturated carbocycles. The highest BCUT2D eigenvalue weighted by Crippen LogP contribution is 2.32. The predicted octanol–water partition coefficient (Wildman–Crippen LogP) is 4.26. The first kappa shape index (κ1) is 13.2. The SMILES string of the molecule is Cc1csc2cc(-c3ccc(Cl)cc3)c(CC(=O)O)n12. The highest BCUT2D eigenvalue weighted by molar-refractivity contribution is 7.15. The monoisotopic (exact) mass is 305 g/mol. The molecule has 20 heavy (non-hydrogen) atoms. The molecule has 0 amide bonds. The van der Waals surface area contributed by atoms with E-state index in [1.54, 1.807) is 11.3 Å². The van der Waals surface area contributed by atoms with Crippen LogP contribution in [0.2, 0.25) is 5.02 Å². The second-order valence-corrected chi connectivity index (χ2v) is 5.96. The van der Waals surface area contributed by atoms with Gasteiger partial charge in [-0.3, -0.25) is 4.79 Å². The molecule has 5 heteroatoms. The molecule has 1 N–H and O–H groups in total. The van der Waals surface area contributed by atoms with Gasteiger partial charge in [0.25, 0.3) is 0 Å². The third-order valence-corrected chi connectivity index (χ3v) is 4.50. The molecule has 0 aliphatic rings. The summed E-state index contributed by atoms with van der Waals surface area (Å²) < 4.78 is 2.02. The molecule has 1 aromatic carbocycles. The molecule has 0 atom stereocenters. The molecule has 0 saturated heterocycles. The van der Waals surface area contributed by atoms with Crippen molar-refractivity contribution in [2.75, 3.05) is 0 Å². The number of hydrogen-bond donors (Lipinski definition) is 1. The van der Waals surface area contributed by atoms with Gasteiger partial charge in [0.2, 0.25) is 0 Å². The summed E-state index contributed by atoms with van der Waals surface area (Å²) in [4.78, 5) is 12.2. The Balaban J connectivity index is 2.23. The lowest BCUT2D eigenvalue weighted by atomic mass is 10.0. The van der Waals surface area contributed by atoms with Gasteiger partial charge < -0.3 is 9.51 Å². The van der Waals surface area contributed by atoms with E-state index >= 15 is 0 Å². The predicted molar refractivity (Wildman–Crippen MR) is 81.8 cm³/mol. The fourth-order valence-electron chi connectivity index (χ4n) is 2.39. The van der Waals surface area contributed by atoms with Gasteiger partial charge in [-0.25, -0.2) is 0 Å². The van der Waals surface area contributed by atoms with Crippen LogP contribution in [0.1, 0.15) is 11.4 Å². The van der Waals surface area contributed by atoms with E-state index in [1.165, 1.54) is 0 Å². The van der Waals surface area contributed by atoms with E-state index < -0.39 is 5.97 Å². The lowest BCUT2D eigenvalue weighted by Crippen LogP contribution is -2.05. The van der Waals surface area contributed by atoms with Gasteiger partial charge in [-0.15, -0.1) is 11.3 Å². The molecule has 2 heterocycles. The van der Waals surface area contributed by atoms with Crippen molar-refractivity contribution in [3.05, 3.63) is 52.1 Å². The van der Waals surface area contributed by atoms with Crippen LogP contribution in [-0.4, -0.2) is 15.5 Å². The summed E-state index contributed by atoms with van der Waals surface area (Å²) in [6.07, 6.45) is 0.00367. The summed E-state index contributed by atoms with van der Waals surface area (Å²) in [6, 6.07) is 9.52. The number of rotatable bonds is 3. The maximum absolute atomic E-state index is 11.2. The summed E-state index contributed by atoms with van der Waals surface area (Å²) in [6.45, 7) is 1.99. The number of carboxylic acids is 1. The van der Waals surface area contributed by atoms with Crippen LogP contribution < -0.4 is 0 Å². The Morgan fingerprint density at radius 1 is 1.35 bits per heavy atom. The second kappa shape index (κ2) is 4.96. The normalized spacial score (nSPS) is 11.1. The number of aliphatic carboxylic acids is 1. The van der Waals surface area contributed by atoms with Crippen LogP contribution in [0.5, 0.6) is 0 Å². The number of nitrogens with zero attached hydrogens (tertiary/aromatic N) is 1. The Labute approximate surface area is 125 Å². The lowest BCUT2D eigenvalue weighted by molar-refractivity contribution is -0.136. The zero-order valence-electron chi connectivity index (χ0n) is 10.8. The van der Waals surface area contributed by atoms with Gasteiger partial charge in [0.15, 0.2) is 0 Å². The van der Waals surface area contributed by atoms with Crippen LogP contribution in [0.25, 0.3) is 16.0 Å². The van der Waals surface area contributed by atoms with Crippen molar-refractivity contribution >= 4 is 33.7 Å². The molecule has 3 aromatic rings. The number of thiazole rings is 1.